The molecule has 0 radical (unpaired) electrons. The van der Waals surface area contributed by atoms with Gasteiger partial charge in [0.25, 0.3) is 0 Å². The average Bonchev–Trinajstić information content (AvgIpc) is 3.26. The number of carbonyl (C=O) groups excluding carboxylic acids is 5. The lowest BCUT2D eigenvalue weighted by Gasteiger charge is -2.24. The van der Waals surface area contributed by atoms with Crippen molar-refractivity contribution in [1.82, 2.24) is 25.9 Å². The summed E-state index contributed by atoms with van der Waals surface area (Å²) in [6.45, 7) is -0.907. The maximum Gasteiger partial charge on any atom is 0.328 e. The first-order valence-electron chi connectivity index (χ1n) is 9.98. The topological polar surface area (TPSA) is 286 Å². The van der Waals surface area contributed by atoms with Crippen LogP contribution >= 0.6 is 0 Å². The van der Waals surface area contributed by atoms with Gasteiger partial charge in [0.05, 0.1) is 25.4 Å². The smallest absolute Gasteiger partial charge is 0.328 e. The van der Waals surface area contributed by atoms with E-state index in [-0.39, 0.29) is 19.3 Å². The minimum Gasteiger partial charge on any atom is -0.480 e. The molecule has 0 fully saturated rings. The molecule has 0 spiro atoms. The highest BCUT2D eigenvalue weighted by molar-refractivity contribution is 5.96. The van der Waals surface area contributed by atoms with E-state index in [9.17, 15) is 28.8 Å². The number of nitrogens with two attached hydrogens (primary N) is 3. The van der Waals surface area contributed by atoms with Gasteiger partial charge in [0, 0.05) is 24.7 Å². The Morgan fingerprint density at radius 2 is 1.53 bits per heavy atom. The van der Waals surface area contributed by atoms with Gasteiger partial charge in [-0.2, -0.15) is 0 Å². The van der Waals surface area contributed by atoms with Crippen LogP contribution in [0.15, 0.2) is 12.5 Å². The van der Waals surface area contributed by atoms with E-state index in [2.05, 4.69) is 25.9 Å². The summed E-state index contributed by atoms with van der Waals surface area (Å²) < 4.78 is 0. The number of aliphatic carboxylic acids is 1. The van der Waals surface area contributed by atoms with Gasteiger partial charge in [-0.3, -0.25) is 24.0 Å². The third-order valence-corrected chi connectivity index (χ3v) is 4.49. The number of hydrogen-bond donors (Lipinski definition) is 9. The highest BCUT2D eigenvalue weighted by Crippen LogP contribution is 2.03. The van der Waals surface area contributed by atoms with E-state index in [0.29, 0.717) is 5.69 Å². The zero-order valence-corrected chi connectivity index (χ0v) is 18.0. The number of nitrogens with one attached hydrogen (secondary N) is 4. The number of aromatic amines is 1. The predicted molar refractivity (Wildman–Crippen MR) is 113 cm³/mol. The first kappa shape index (κ1) is 28.0. The van der Waals surface area contributed by atoms with Crippen molar-refractivity contribution in [2.45, 2.75) is 49.9 Å². The van der Waals surface area contributed by atoms with Crippen LogP contribution in [0.5, 0.6) is 0 Å². The van der Waals surface area contributed by atoms with E-state index in [1.54, 1.807) is 0 Å². The second-order valence-corrected chi connectivity index (χ2v) is 7.27. The fourth-order valence-corrected chi connectivity index (χ4v) is 2.67. The molecule has 16 nitrogen and oxygen atoms in total. The summed E-state index contributed by atoms with van der Waals surface area (Å²) in [5.41, 5.74) is 16.2. The molecule has 188 valence electrons. The molecule has 0 aliphatic rings. The monoisotopic (exact) mass is 484 g/mol. The van der Waals surface area contributed by atoms with Crippen LogP contribution in [0.4, 0.5) is 0 Å². The minimum absolute atomic E-state index is 0.116. The molecule has 1 heterocycles. The lowest BCUT2D eigenvalue weighted by atomic mass is 10.1. The first-order valence-corrected chi connectivity index (χ1v) is 9.98. The summed E-state index contributed by atoms with van der Waals surface area (Å²) in [6, 6.07) is -5.79. The molecule has 16 heteroatoms. The van der Waals surface area contributed by atoms with E-state index in [1.165, 1.54) is 12.5 Å². The molecule has 4 unspecified atom stereocenters. The number of rotatable bonds is 15. The molecule has 0 aromatic carbocycles. The first-order chi connectivity index (χ1) is 15.9. The number of nitrogens with zero attached hydrogens (tertiary/aromatic N) is 1. The molecule has 0 saturated heterocycles. The van der Waals surface area contributed by atoms with Gasteiger partial charge < -0.3 is 48.3 Å². The zero-order chi connectivity index (χ0) is 25.8. The highest BCUT2D eigenvalue weighted by Gasteiger charge is 2.31. The summed E-state index contributed by atoms with van der Waals surface area (Å²) in [7, 11) is 0. The summed E-state index contributed by atoms with van der Waals surface area (Å²) in [4.78, 5) is 77.6. The van der Waals surface area contributed by atoms with Crippen molar-refractivity contribution >= 4 is 35.5 Å². The molecule has 0 aliphatic heterocycles. The molecular weight excluding hydrogens is 456 g/mol. The van der Waals surface area contributed by atoms with E-state index >= 15 is 0 Å². The second-order valence-electron chi connectivity index (χ2n) is 7.27. The van der Waals surface area contributed by atoms with Gasteiger partial charge in [-0.15, -0.1) is 0 Å². The van der Waals surface area contributed by atoms with Crippen molar-refractivity contribution in [2.75, 3.05) is 6.61 Å². The zero-order valence-electron chi connectivity index (χ0n) is 18.0. The standard InChI is InChI=1S/C18H28N8O8/c19-9(1-2-13(20)28)15(30)24-11(4-14(21)29)17(32)25-10(3-8-5-22-7-23-8)16(31)26-12(6-27)18(33)34/h5,7,9-12,27H,1-4,6,19H2,(H2,20,28)(H2,21,29)(H,22,23)(H,24,30)(H,25,32)(H,26,31)(H,33,34). The lowest BCUT2D eigenvalue weighted by Crippen LogP contribution is -2.58. The normalized spacial score (nSPS) is 14.2. The molecule has 0 saturated carbocycles. The summed E-state index contributed by atoms with van der Waals surface area (Å²) in [5.74, 6) is -5.98. The van der Waals surface area contributed by atoms with Crippen LogP contribution in [0.25, 0.3) is 0 Å². The number of amides is 5. The Balaban J connectivity index is 3.01. The number of aliphatic hydroxyl groups excluding tert-OH is 1. The van der Waals surface area contributed by atoms with Crippen molar-refractivity contribution in [3.05, 3.63) is 18.2 Å². The van der Waals surface area contributed by atoms with Crippen LogP contribution in [0.1, 0.15) is 25.0 Å². The lowest BCUT2D eigenvalue weighted by molar-refractivity contribution is -0.143. The Morgan fingerprint density at radius 3 is 2.03 bits per heavy atom. The van der Waals surface area contributed by atoms with E-state index < -0.39 is 72.7 Å². The van der Waals surface area contributed by atoms with Gasteiger partial charge in [0.2, 0.25) is 29.5 Å². The molecular formula is C18H28N8O8. The second kappa shape index (κ2) is 13.5. The third-order valence-electron chi connectivity index (χ3n) is 4.49. The Hall–Kier alpha value is -4.05. The number of aromatic nitrogens is 2. The Kier molecular flexibility index (Phi) is 11.1. The summed E-state index contributed by atoms with van der Waals surface area (Å²) in [6.07, 6.45) is 1.53. The molecule has 1 aromatic heterocycles. The summed E-state index contributed by atoms with van der Waals surface area (Å²) in [5, 5.41) is 24.8. The van der Waals surface area contributed by atoms with E-state index in [1.807, 2.05) is 0 Å². The number of imidazole rings is 1. The van der Waals surface area contributed by atoms with Crippen LogP contribution in [0.2, 0.25) is 0 Å². The molecule has 1 aromatic rings. The van der Waals surface area contributed by atoms with Crippen molar-refractivity contribution in [3.8, 4) is 0 Å². The van der Waals surface area contributed by atoms with Gasteiger partial charge in [-0.25, -0.2) is 9.78 Å². The van der Waals surface area contributed by atoms with Crippen LogP contribution in [0.3, 0.4) is 0 Å². The maximum absolute atomic E-state index is 12.8. The molecule has 0 bridgehead atoms. The SMILES string of the molecule is NC(=O)CCC(N)C(=O)NC(CC(N)=O)C(=O)NC(Cc1cnc[nH]1)C(=O)NC(CO)C(=O)O. The van der Waals surface area contributed by atoms with Crippen LogP contribution < -0.4 is 33.2 Å². The van der Waals surface area contributed by atoms with E-state index in [4.69, 9.17) is 27.4 Å². The fourth-order valence-electron chi connectivity index (χ4n) is 2.67. The molecule has 0 aliphatic carbocycles. The molecule has 4 atom stereocenters. The quantitative estimate of drug-likeness (QED) is 0.114. The fraction of sp³-hybridized carbons (Fsp3) is 0.500. The van der Waals surface area contributed by atoms with Gasteiger partial charge in [-0.1, -0.05) is 0 Å². The number of primary amides is 2. The van der Waals surface area contributed by atoms with Crippen molar-refractivity contribution in [3.63, 3.8) is 0 Å². The number of carbonyl (C=O) groups is 6. The molecule has 34 heavy (non-hydrogen) atoms. The Bertz CT molecular complexity index is 891. The van der Waals surface area contributed by atoms with Crippen LogP contribution in [0, 0.1) is 0 Å². The number of carboxylic acid groups (broad SMARTS) is 1. The van der Waals surface area contributed by atoms with Crippen LogP contribution in [-0.2, 0) is 35.2 Å². The van der Waals surface area contributed by atoms with Gasteiger partial charge in [0.1, 0.15) is 18.1 Å². The predicted octanol–water partition coefficient (Wildman–Crippen LogP) is -5.05. The molecule has 5 amide bonds. The molecule has 1 rings (SSSR count). The van der Waals surface area contributed by atoms with Gasteiger partial charge in [0.15, 0.2) is 0 Å². The van der Waals surface area contributed by atoms with Crippen molar-refractivity contribution in [2.24, 2.45) is 17.2 Å². The van der Waals surface area contributed by atoms with Gasteiger partial charge in [-0.05, 0) is 6.42 Å². The van der Waals surface area contributed by atoms with Gasteiger partial charge >= 0.3 is 5.97 Å². The number of carboxylic acids is 1. The van der Waals surface area contributed by atoms with Crippen molar-refractivity contribution in [1.29, 1.82) is 0 Å². The largest absolute Gasteiger partial charge is 0.480 e. The number of H-pyrrole nitrogens is 1. The maximum atomic E-state index is 12.8. The number of hydrogen-bond acceptors (Lipinski definition) is 9. The average molecular weight is 484 g/mol. The Labute approximate surface area is 193 Å². The summed E-state index contributed by atoms with van der Waals surface area (Å²) >= 11 is 0. The highest BCUT2D eigenvalue weighted by atomic mass is 16.4. The Morgan fingerprint density at radius 1 is 0.941 bits per heavy atom. The minimum atomic E-state index is -1.64. The third kappa shape index (κ3) is 9.61. The molecule has 12 N–H and O–H groups in total. The van der Waals surface area contributed by atoms with Crippen molar-refractivity contribution < 1.29 is 39.0 Å². The van der Waals surface area contributed by atoms with Crippen LogP contribution in [-0.4, -0.2) is 86.5 Å². The number of aliphatic hydroxyl groups is 1. The van der Waals surface area contributed by atoms with E-state index in [0.717, 1.165) is 0 Å².